The van der Waals surface area contributed by atoms with Gasteiger partial charge in [-0.1, -0.05) is 6.92 Å². The molecule has 3 N–H and O–H groups in total. The fraction of sp³-hybridized carbons (Fsp3) is 0.615. The Labute approximate surface area is 116 Å². The number of likely N-dealkylation sites (tertiary alicyclic amines) is 1. The Morgan fingerprint density at radius 1 is 1.40 bits per heavy atom. The lowest BCUT2D eigenvalue weighted by atomic mass is 9.94. The Morgan fingerprint density at radius 3 is 2.70 bits per heavy atom. The summed E-state index contributed by atoms with van der Waals surface area (Å²) in [4.78, 5) is 6.15. The second-order valence-electron chi connectivity index (χ2n) is 5.44. The maximum absolute atomic E-state index is 12.7. The molecular weight excluding hydrogens is 269 g/mol. The van der Waals surface area contributed by atoms with Crippen LogP contribution in [0.25, 0.3) is 0 Å². The van der Waals surface area contributed by atoms with Gasteiger partial charge in [-0.15, -0.1) is 0 Å². The van der Waals surface area contributed by atoms with Crippen LogP contribution in [0.1, 0.15) is 18.9 Å². The van der Waals surface area contributed by atoms with Gasteiger partial charge < -0.3 is 16.0 Å². The second kappa shape index (κ2) is 5.47. The van der Waals surface area contributed by atoms with E-state index in [1.54, 1.807) is 0 Å². The van der Waals surface area contributed by atoms with Crippen molar-refractivity contribution in [1.82, 2.24) is 9.88 Å². The Bertz CT molecular complexity index is 475. The van der Waals surface area contributed by atoms with Gasteiger partial charge in [-0.3, -0.25) is 0 Å². The van der Waals surface area contributed by atoms with E-state index in [1.165, 1.54) is 0 Å². The summed E-state index contributed by atoms with van der Waals surface area (Å²) < 4.78 is 38.2. The smallest absolute Gasteiger partial charge is 0.384 e. The molecule has 2 unspecified atom stereocenters. The lowest BCUT2D eigenvalue weighted by Crippen LogP contribution is -2.43. The fourth-order valence-corrected chi connectivity index (χ4v) is 2.55. The summed E-state index contributed by atoms with van der Waals surface area (Å²) in [6, 6.07) is 1.98. The number of nitrogen functional groups attached to an aromatic ring is 1. The number of pyridine rings is 1. The van der Waals surface area contributed by atoms with Crippen LogP contribution >= 0.6 is 0 Å². The summed E-state index contributed by atoms with van der Waals surface area (Å²) in [6.45, 7) is 3.90. The van der Waals surface area contributed by atoms with Gasteiger partial charge in [-0.2, -0.15) is 13.2 Å². The third-order valence-electron chi connectivity index (χ3n) is 3.61. The summed E-state index contributed by atoms with van der Waals surface area (Å²) >= 11 is 0. The van der Waals surface area contributed by atoms with E-state index in [4.69, 9.17) is 5.73 Å². The first-order valence-electron chi connectivity index (χ1n) is 6.55. The van der Waals surface area contributed by atoms with Gasteiger partial charge in [-0.05, 0) is 38.1 Å². The molecule has 1 aliphatic rings. The Balaban J connectivity index is 2.15. The first-order valence-corrected chi connectivity index (χ1v) is 6.55. The number of anilines is 2. The number of aromatic nitrogens is 1. The Kier molecular flexibility index (Phi) is 4.08. The summed E-state index contributed by atoms with van der Waals surface area (Å²) in [7, 11) is 2.03. The van der Waals surface area contributed by atoms with Crippen LogP contribution in [-0.4, -0.2) is 36.1 Å². The van der Waals surface area contributed by atoms with E-state index in [2.05, 4.69) is 22.1 Å². The zero-order valence-corrected chi connectivity index (χ0v) is 11.5. The normalized spacial score (nSPS) is 24.6. The molecule has 112 valence electrons. The van der Waals surface area contributed by atoms with Crippen LogP contribution in [-0.2, 0) is 6.18 Å². The highest BCUT2D eigenvalue weighted by atomic mass is 19.4. The molecule has 0 bridgehead atoms. The molecule has 0 aliphatic carbocycles. The van der Waals surface area contributed by atoms with Crippen LogP contribution in [0.5, 0.6) is 0 Å². The van der Waals surface area contributed by atoms with Crippen molar-refractivity contribution in [2.75, 3.05) is 31.2 Å². The summed E-state index contributed by atoms with van der Waals surface area (Å²) in [6.07, 6.45) is -3.54. The molecule has 2 atom stereocenters. The maximum Gasteiger partial charge on any atom is 0.416 e. The summed E-state index contributed by atoms with van der Waals surface area (Å²) in [5, 5.41) is 3.09. The Morgan fingerprint density at radius 2 is 2.10 bits per heavy atom. The van der Waals surface area contributed by atoms with Crippen molar-refractivity contribution in [2.24, 2.45) is 5.92 Å². The molecule has 1 aliphatic heterocycles. The third-order valence-corrected chi connectivity index (χ3v) is 3.61. The van der Waals surface area contributed by atoms with E-state index in [9.17, 15) is 13.2 Å². The maximum atomic E-state index is 12.7. The average molecular weight is 288 g/mol. The molecule has 2 rings (SSSR count). The highest BCUT2D eigenvalue weighted by molar-refractivity contribution is 5.48. The number of hydrogen-bond acceptors (Lipinski definition) is 4. The van der Waals surface area contributed by atoms with Crippen molar-refractivity contribution >= 4 is 11.6 Å². The number of nitrogens with one attached hydrogen (secondary N) is 1. The molecule has 0 amide bonds. The minimum Gasteiger partial charge on any atom is -0.384 e. The van der Waals surface area contributed by atoms with E-state index in [1.807, 2.05) is 7.05 Å². The van der Waals surface area contributed by atoms with Crippen molar-refractivity contribution < 1.29 is 13.2 Å². The molecule has 1 aromatic heterocycles. The van der Waals surface area contributed by atoms with Gasteiger partial charge >= 0.3 is 6.18 Å². The van der Waals surface area contributed by atoms with Crippen LogP contribution in [0.15, 0.2) is 12.1 Å². The number of rotatable bonds is 2. The second-order valence-corrected chi connectivity index (χ2v) is 5.44. The summed E-state index contributed by atoms with van der Waals surface area (Å²) in [5.74, 6) is 0.410. The zero-order chi connectivity index (χ0) is 14.9. The molecule has 7 heteroatoms. The number of hydrogen-bond donors (Lipinski definition) is 2. The van der Waals surface area contributed by atoms with Gasteiger partial charge in [0.05, 0.1) is 5.56 Å². The first kappa shape index (κ1) is 14.9. The predicted molar refractivity (Wildman–Crippen MR) is 72.3 cm³/mol. The van der Waals surface area contributed by atoms with E-state index in [0.29, 0.717) is 5.92 Å². The van der Waals surface area contributed by atoms with E-state index < -0.39 is 11.7 Å². The standard InChI is InChI=1S/C13H19F3N4/c1-8-7-20(2)4-3-10(8)18-12-6-9(13(14,15)16)5-11(17)19-12/h5-6,8,10H,3-4,7H2,1-2H3,(H3,17,18,19). The molecule has 2 heterocycles. The van der Waals surface area contributed by atoms with Crippen molar-refractivity contribution in [3.05, 3.63) is 17.7 Å². The van der Waals surface area contributed by atoms with E-state index in [-0.39, 0.29) is 17.7 Å². The van der Waals surface area contributed by atoms with Gasteiger partial charge in [0.1, 0.15) is 11.6 Å². The molecular formula is C13H19F3N4. The lowest BCUT2D eigenvalue weighted by molar-refractivity contribution is -0.137. The molecule has 0 saturated carbocycles. The molecule has 20 heavy (non-hydrogen) atoms. The van der Waals surface area contributed by atoms with Gasteiger partial charge in [0.25, 0.3) is 0 Å². The van der Waals surface area contributed by atoms with Crippen LogP contribution in [0.2, 0.25) is 0 Å². The molecule has 1 aromatic rings. The highest BCUT2D eigenvalue weighted by Crippen LogP contribution is 2.32. The summed E-state index contributed by atoms with van der Waals surface area (Å²) in [5.41, 5.74) is 4.69. The van der Waals surface area contributed by atoms with Crippen molar-refractivity contribution in [3.8, 4) is 0 Å². The highest BCUT2D eigenvalue weighted by Gasteiger charge is 2.32. The SMILES string of the molecule is CC1CN(C)CCC1Nc1cc(C(F)(F)F)cc(N)n1. The molecule has 0 aromatic carbocycles. The minimum atomic E-state index is -4.41. The van der Waals surface area contributed by atoms with E-state index in [0.717, 1.165) is 31.6 Å². The minimum absolute atomic E-state index is 0.113. The zero-order valence-electron chi connectivity index (χ0n) is 11.5. The molecule has 0 radical (unpaired) electrons. The quantitative estimate of drug-likeness (QED) is 0.877. The lowest BCUT2D eigenvalue weighted by Gasteiger charge is -2.35. The first-order chi connectivity index (χ1) is 9.25. The number of nitrogens with zero attached hydrogens (tertiary/aromatic N) is 2. The van der Waals surface area contributed by atoms with Gasteiger partial charge in [0.15, 0.2) is 0 Å². The predicted octanol–water partition coefficient (Wildman–Crippen LogP) is 2.43. The topological polar surface area (TPSA) is 54.2 Å². The largest absolute Gasteiger partial charge is 0.416 e. The monoisotopic (exact) mass is 288 g/mol. The molecule has 0 spiro atoms. The van der Waals surface area contributed by atoms with Crippen molar-refractivity contribution in [2.45, 2.75) is 25.6 Å². The molecule has 1 fully saturated rings. The van der Waals surface area contributed by atoms with E-state index >= 15 is 0 Å². The van der Waals surface area contributed by atoms with Crippen LogP contribution in [0.3, 0.4) is 0 Å². The number of alkyl halides is 3. The van der Waals surface area contributed by atoms with Gasteiger partial charge in [0.2, 0.25) is 0 Å². The van der Waals surface area contributed by atoms with Gasteiger partial charge in [-0.25, -0.2) is 4.98 Å². The van der Waals surface area contributed by atoms with Crippen LogP contribution in [0, 0.1) is 5.92 Å². The number of piperidine rings is 1. The average Bonchev–Trinajstić information content (AvgIpc) is 2.31. The Hall–Kier alpha value is -1.50. The fourth-order valence-electron chi connectivity index (χ4n) is 2.55. The van der Waals surface area contributed by atoms with Crippen molar-refractivity contribution in [1.29, 1.82) is 0 Å². The molecule has 4 nitrogen and oxygen atoms in total. The third kappa shape index (κ3) is 3.53. The van der Waals surface area contributed by atoms with Crippen molar-refractivity contribution in [3.63, 3.8) is 0 Å². The van der Waals surface area contributed by atoms with Crippen LogP contribution in [0.4, 0.5) is 24.8 Å². The molecule has 1 saturated heterocycles. The van der Waals surface area contributed by atoms with Crippen LogP contribution < -0.4 is 11.1 Å². The number of nitrogens with two attached hydrogens (primary N) is 1. The van der Waals surface area contributed by atoms with Gasteiger partial charge in [0, 0.05) is 12.6 Å². The number of halogens is 3.